The highest BCUT2D eigenvalue weighted by atomic mass is 35.5. The van der Waals surface area contributed by atoms with E-state index in [0.29, 0.717) is 22.9 Å². The Labute approximate surface area is 169 Å². The Morgan fingerprint density at radius 3 is 2.89 bits per heavy atom. The van der Waals surface area contributed by atoms with Crippen molar-refractivity contribution in [3.8, 4) is 17.0 Å². The maximum Gasteiger partial charge on any atom is 0.188 e. The molecule has 0 radical (unpaired) electrons. The molecule has 2 aliphatic rings. The van der Waals surface area contributed by atoms with Gasteiger partial charge in [-0.05, 0) is 43.2 Å². The van der Waals surface area contributed by atoms with Gasteiger partial charge in [-0.3, -0.25) is 0 Å². The number of ether oxygens (including phenoxy) is 3. The van der Waals surface area contributed by atoms with Crippen molar-refractivity contribution in [3.05, 3.63) is 35.4 Å². The maximum atomic E-state index is 6.09. The summed E-state index contributed by atoms with van der Waals surface area (Å²) >= 11 is 6.09. The molecule has 7 nitrogen and oxygen atoms in total. The molecule has 1 N–H and O–H groups in total. The van der Waals surface area contributed by atoms with E-state index in [1.54, 1.807) is 13.2 Å². The second-order valence-electron chi connectivity index (χ2n) is 7.13. The Kier molecular flexibility index (Phi) is 6.26. The summed E-state index contributed by atoms with van der Waals surface area (Å²) in [7, 11) is 1.58. The van der Waals surface area contributed by atoms with E-state index in [0.717, 1.165) is 56.2 Å². The number of rotatable bonds is 7. The van der Waals surface area contributed by atoms with E-state index >= 15 is 0 Å². The third-order valence-electron chi connectivity index (χ3n) is 5.12. The summed E-state index contributed by atoms with van der Waals surface area (Å²) in [5, 5.41) is 13.2. The molecular formula is C20H25ClN4O3. The number of halogens is 1. The summed E-state index contributed by atoms with van der Waals surface area (Å²) in [6.07, 6.45) is 2.20. The molecule has 2 fully saturated rings. The predicted molar refractivity (Wildman–Crippen MR) is 108 cm³/mol. The van der Waals surface area contributed by atoms with Gasteiger partial charge in [-0.25, -0.2) is 0 Å². The molecule has 2 aliphatic heterocycles. The number of anilines is 1. The van der Waals surface area contributed by atoms with Gasteiger partial charge in [-0.1, -0.05) is 11.6 Å². The third kappa shape index (κ3) is 4.55. The molecule has 0 spiro atoms. The quantitative estimate of drug-likeness (QED) is 0.711. The minimum Gasteiger partial charge on any atom is -0.467 e. The molecule has 0 aliphatic carbocycles. The fourth-order valence-corrected chi connectivity index (χ4v) is 3.85. The first kappa shape index (κ1) is 19.4. The standard InChI is InChI=1S/C20H25ClN4O3/c1-26-13-28-19-10-14(21)2-3-17(19)18-4-5-20(24-23-18)25-8-6-15(11-25)22-16-7-9-27-12-16/h2-5,10,15-16,22H,6-9,11-13H2,1H3/t15-,16?/m1/s1. The average molecular weight is 405 g/mol. The summed E-state index contributed by atoms with van der Waals surface area (Å²) in [6, 6.07) is 10.4. The van der Waals surface area contributed by atoms with Gasteiger partial charge < -0.3 is 24.4 Å². The highest BCUT2D eigenvalue weighted by molar-refractivity contribution is 6.30. The first-order valence-corrected chi connectivity index (χ1v) is 9.95. The zero-order valence-corrected chi connectivity index (χ0v) is 16.7. The number of methoxy groups -OCH3 is 1. The van der Waals surface area contributed by atoms with Crippen molar-refractivity contribution in [2.75, 3.05) is 45.1 Å². The number of hydrogen-bond acceptors (Lipinski definition) is 7. The second kappa shape index (κ2) is 9.05. The molecule has 1 aromatic heterocycles. The van der Waals surface area contributed by atoms with E-state index in [1.807, 2.05) is 24.3 Å². The van der Waals surface area contributed by atoms with Crippen LogP contribution in [0.15, 0.2) is 30.3 Å². The summed E-state index contributed by atoms with van der Waals surface area (Å²) in [5.74, 6) is 1.52. The highest BCUT2D eigenvalue weighted by Gasteiger charge is 2.27. The summed E-state index contributed by atoms with van der Waals surface area (Å²) in [4.78, 5) is 2.27. The number of benzene rings is 1. The van der Waals surface area contributed by atoms with Gasteiger partial charge in [-0.2, -0.15) is 0 Å². The van der Waals surface area contributed by atoms with Gasteiger partial charge >= 0.3 is 0 Å². The average Bonchev–Trinajstić information content (AvgIpc) is 3.39. The van der Waals surface area contributed by atoms with Gasteiger partial charge in [0.15, 0.2) is 12.6 Å². The van der Waals surface area contributed by atoms with E-state index in [9.17, 15) is 0 Å². The minimum atomic E-state index is 0.146. The Morgan fingerprint density at radius 2 is 2.14 bits per heavy atom. The Hall–Kier alpha value is -1.93. The van der Waals surface area contributed by atoms with Crippen molar-refractivity contribution in [2.24, 2.45) is 0 Å². The van der Waals surface area contributed by atoms with Gasteiger partial charge in [0.1, 0.15) is 5.75 Å². The molecule has 3 heterocycles. The maximum absolute atomic E-state index is 6.09. The molecular weight excluding hydrogens is 380 g/mol. The van der Waals surface area contributed by atoms with Gasteiger partial charge in [0.25, 0.3) is 0 Å². The second-order valence-corrected chi connectivity index (χ2v) is 7.56. The van der Waals surface area contributed by atoms with Crippen LogP contribution in [-0.2, 0) is 9.47 Å². The summed E-state index contributed by atoms with van der Waals surface area (Å²) in [5.41, 5.74) is 1.58. The monoisotopic (exact) mass is 404 g/mol. The van der Waals surface area contributed by atoms with E-state index < -0.39 is 0 Å². The van der Waals surface area contributed by atoms with Crippen LogP contribution in [0.2, 0.25) is 5.02 Å². The van der Waals surface area contributed by atoms with Crippen LogP contribution < -0.4 is 15.0 Å². The van der Waals surface area contributed by atoms with Crippen LogP contribution >= 0.6 is 11.6 Å². The molecule has 1 unspecified atom stereocenters. The number of nitrogens with zero attached hydrogens (tertiary/aromatic N) is 3. The lowest BCUT2D eigenvalue weighted by Crippen LogP contribution is -2.40. The Morgan fingerprint density at radius 1 is 1.21 bits per heavy atom. The van der Waals surface area contributed by atoms with Crippen LogP contribution in [0.4, 0.5) is 5.82 Å². The molecule has 8 heteroatoms. The van der Waals surface area contributed by atoms with Gasteiger partial charge in [0.2, 0.25) is 0 Å². The molecule has 0 bridgehead atoms. The van der Waals surface area contributed by atoms with Crippen LogP contribution in [-0.4, -0.2) is 62.5 Å². The fraction of sp³-hybridized carbons (Fsp3) is 0.500. The van der Waals surface area contributed by atoms with Crippen molar-refractivity contribution in [3.63, 3.8) is 0 Å². The molecule has 2 saturated heterocycles. The first-order valence-electron chi connectivity index (χ1n) is 9.57. The topological polar surface area (TPSA) is 68.7 Å². The lowest BCUT2D eigenvalue weighted by molar-refractivity contribution is 0.0515. The Balaban J connectivity index is 1.43. The van der Waals surface area contributed by atoms with Crippen molar-refractivity contribution < 1.29 is 14.2 Å². The number of aromatic nitrogens is 2. The molecule has 0 saturated carbocycles. The zero-order valence-electron chi connectivity index (χ0n) is 15.9. The van der Waals surface area contributed by atoms with E-state index in [2.05, 4.69) is 20.4 Å². The number of hydrogen-bond donors (Lipinski definition) is 1. The smallest absolute Gasteiger partial charge is 0.188 e. The van der Waals surface area contributed by atoms with Gasteiger partial charge in [-0.15, -0.1) is 10.2 Å². The van der Waals surface area contributed by atoms with Crippen molar-refractivity contribution in [1.29, 1.82) is 0 Å². The number of nitrogens with one attached hydrogen (secondary N) is 1. The third-order valence-corrected chi connectivity index (χ3v) is 5.35. The molecule has 2 atom stereocenters. The van der Waals surface area contributed by atoms with E-state index in [-0.39, 0.29) is 6.79 Å². The summed E-state index contributed by atoms with van der Waals surface area (Å²) in [6.45, 7) is 3.74. The van der Waals surface area contributed by atoms with Crippen molar-refractivity contribution >= 4 is 17.4 Å². The fourth-order valence-electron chi connectivity index (χ4n) is 3.69. The Bertz CT molecular complexity index is 784. The SMILES string of the molecule is COCOc1cc(Cl)ccc1-c1ccc(N2CC[C@@H](NC3CCOC3)C2)nn1. The van der Waals surface area contributed by atoms with Crippen molar-refractivity contribution in [2.45, 2.75) is 24.9 Å². The lowest BCUT2D eigenvalue weighted by Gasteiger charge is -2.19. The molecule has 2 aromatic rings. The summed E-state index contributed by atoms with van der Waals surface area (Å²) < 4.78 is 16.1. The molecule has 1 aromatic carbocycles. The van der Waals surface area contributed by atoms with Crippen molar-refractivity contribution in [1.82, 2.24) is 15.5 Å². The highest BCUT2D eigenvalue weighted by Crippen LogP contribution is 2.32. The van der Waals surface area contributed by atoms with Crippen LogP contribution in [0, 0.1) is 0 Å². The normalized spacial score (nSPS) is 22.0. The largest absolute Gasteiger partial charge is 0.467 e. The predicted octanol–water partition coefficient (Wildman–Crippen LogP) is 2.74. The zero-order chi connectivity index (χ0) is 19.3. The van der Waals surface area contributed by atoms with Gasteiger partial charge in [0.05, 0.1) is 12.3 Å². The first-order chi connectivity index (χ1) is 13.7. The van der Waals surface area contributed by atoms with E-state index in [4.69, 9.17) is 25.8 Å². The molecule has 4 rings (SSSR count). The van der Waals surface area contributed by atoms with Crippen LogP contribution in [0.1, 0.15) is 12.8 Å². The molecule has 0 amide bonds. The van der Waals surface area contributed by atoms with Gasteiger partial charge in [0, 0.05) is 49.5 Å². The van der Waals surface area contributed by atoms with Crippen LogP contribution in [0.5, 0.6) is 5.75 Å². The minimum absolute atomic E-state index is 0.146. The molecule has 150 valence electrons. The molecule has 28 heavy (non-hydrogen) atoms. The van der Waals surface area contributed by atoms with E-state index in [1.165, 1.54) is 0 Å². The van der Waals surface area contributed by atoms with Crippen LogP contribution in [0.25, 0.3) is 11.3 Å². The van der Waals surface area contributed by atoms with Crippen LogP contribution in [0.3, 0.4) is 0 Å². The lowest BCUT2D eigenvalue weighted by atomic mass is 10.1.